The van der Waals surface area contributed by atoms with Gasteiger partial charge in [0.25, 0.3) is 5.56 Å². The number of aromatic nitrogens is 2. The van der Waals surface area contributed by atoms with E-state index in [1.165, 1.54) is 6.20 Å². The van der Waals surface area contributed by atoms with Crippen molar-refractivity contribution < 1.29 is 19.7 Å². The summed E-state index contributed by atoms with van der Waals surface area (Å²) in [5.74, 6) is -0.970. The van der Waals surface area contributed by atoms with Crippen LogP contribution in [0.1, 0.15) is 31.1 Å². The molecule has 0 bridgehead atoms. The number of anilines is 1. The Labute approximate surface area is 176 Å². The third-order valence-corrected chi connectivity index (χ3v) is 5.60. The van der Waals surface area contributed by atoms with E-state index in [-0.39, 0.29) is 12.1 Å². The first-order chi connectivity index (χ1) is 14.9. The van der Waals surface area contributed by atoms with Crippen LogP contribution in [-0.4, -0.2) is 44.5 Å². The van der Waals surface area contributed by atoms with Gasteiger partial charge in [-0.15, -0.1) is 0 Å². The summed E-state index contributed by atoms with van der Waals surface area (Å²) < 4.78 is 6.58. The van der Waals surface area contributed by atoms with Crippen molar-refractivity contribution in [3.8, 4) is 0 Å². The lowest BCUT2D eigenvalue weighted by Gasteiger charge is -2.17. The van der Waals surface area contributed by atoms with Gasteiger partial charge in [0.05, 0.1) is 18.6 Å². The predicted octanol–water partition coefficient (Wildman–Crippen LogP) is 1.07. The minimum absolute atomic E-state index is 0.0664. The summed E-state index contributed by atoms with van der Waals surface area (Å²) in [7, 11) is 0. The van der Waals surface area contributed by atoms with Crippen molar-refractivity contribution in [2.75, 3.05) is 11.9 Å². The summed E-state index contributed by atoms with van der Waals surface area (Å²) in [6, 6.07) is 13.4. The molecular weight excluding hydrogens is 402 g/mol. The van der Waals surface area contributed by atoms with Crippen LogP contribution in [-0.2, 0) is 9.53 Å². The second kappa shape index (κ2) is 8.46. The van der Waals surface area contributed by atoms with Crippen LogP contribution in [0, 0.1) is 0 Å². The molecule has 1 fully saturated rings. The number of aliphatic hydroxyl groups excluding tert-OH is 2. The minimum atomic E-state index is -0.946. The van der Waals surface area contributed by atoms with E-state index >= 15 is 0 Å². The number of hydrogen-bond acceptors (Lipinski definition) is 6. The molecule has 4 N–H and O–H groups in total. The largest absolute Gasteiger partial charge is 0.394 e. The number of H-pyrrole nitrogens is 1. The predicted molar refractivity (Wildman–Crippen MR) is 114 cm³/mol. The van der Waals surface area contributed by atoms with E-state index in [1.54, 1.807) is 6.92 Å². The van der Waals surface area contributed by atoms with E-state index in [0.29, 0.717) is 0 Å². The Hall–Kier alpha value is -3.27. The van der Waals surface area contributed by atoms with Gasteiger partial charge in [0, 0.05) is 12.6 Å². The van der Waals surface area contributed by atoms with Gasteiger partial charge in [0.1, 0.15) is 18.0 Å². The number of benzene rings is 2. The third kappa shape index (κ3) is 4.02. The van der Waals surface area contributed by atoms with Gasteiger partial charge in [-0.1, -0.05) is 42.5 Å². The standard InChI is InChI=1S/C22H23N3O6/c1-12(14-8-4-6-13-5-2-3-7-15(13)14)20(28)23-16-10-25(22(30)24-21(16)29)19-9-17(27)18(11-26)31-19/h2-8,10,12,17-19,26-27H,9,11H2,1H3,(H,23,28)(H,24,29,30)/t12?,17-,18+,19+/m0/s1. The molecule has 1 amide bonds. The monoisotopic (exact) mass is 425 g/mol. The number of nitrogens with zero attached hydrogens (tertiary/aromatic N) is 1. The van der Waals surface area contributed by atoms with Crippen LogP contribution >= 0.6 is 0 Å². The fourth-order valence-electron chi connectivity index (χ4n) is 3.85. The Balaban J connectivity index is 1.61. The van der Waals surface area contributed by atoms with Crippen LogP contribution in [0.3, 0.4) is 0 Å². The maximum atomic E-state index is 12.9. The smallest absolute Gasteiger partial charge is 0.330 e. The van der Waals surface area contributed by atoms with E-state index in [4.69, 9.17) is 4.74 Å². The number of carbonyl (C=O) groups is 1. The van der Waals surface area contributed by atoms with Crippen molar-refractivity contribution in [2.45, 2.75) is 37.7 Å². The molecule has 1 unspecified atom stereocenters. The Kier molecular flexibility index (Phi) is 5.73. The van der Waals surface area contributed by atoms with Crippen LogP contribution in [0.15, 0.2) is 58.3 Å². The molecule has 9 nitrogen and oxygen atoms in total. The average molecular weight is 425 g/mol. The van der Waals surface area contributed by atoms with Crippen molar-refractivity contribution in [3.63, 3.8) is 0 Å². The van der Waals surface area contributed by atoms with E-state index in [2.05, 4.69) is 10.3 Å². The van der Waals surface area contributed by atoms with Crippen LogP contribution < -0.4 is 16.6 Å². The van der Waals surface area contributed by atoms with Gasteiger partial charge >= 0.3 is 5.69 Å². The number of ether oxygens (including phenoxy) is 1. The first-order valence-electron chi connectivity index (χ1n) is 9.97. The lowest BCUT2D eigenvalue weighted by molar-refractivity contribution is -0.117. The number of carbonyl (C=O) groups excluding carboxylic acids is 1. The van der Waals surface area contributed by atoms with E-state index in [9.17, 15) is 24.6 Å². The Bertz CT molecular complexity index is 1230. The second-order valence-corrected chi connectivity index (χ2v) is 7.60. The zero-order chi connectivity index (χ0) is 22.1. The van der Waals surface area contributed by atoms with Crippen LogP contribution in [0.2, 0.25) is 0 Å². The van der Waals surface area contributed by atoms with E-state index in [0.717, 1.165) is 20.9 Å². The van der Waals surface area contributed by atoms with Crippen molar-refractivity contribution in [2.24, 2.45) is 0 Å². The number of aliphatic hydroxyl groups is 2. The quantitative estimate of drug-likeness (QED) is 0.483. The molecule has 1 aliphatic heterocycles. The molecule has 4 rings (SSSR count). The normalized spacial score (nSPS) is 21.8. The highest BCUT2D eigenvalue weighted by Gasteiger charge is 2.35. The molecule has 0 radical (unpaired) electrons. The summed E-state index contributed by atoms with van der Waals surface area (Å²) in [6.07, 6.45) is -1.38. The number of nitrogens with one attached hydrogen (secondary N) is 2. The van der Waals surface area contributed by atoms with Crippen LogP contribution in [0.4, 0.5) is 5.69 Å². The number of rotatable bonds is 5. The summed E-state index contributed by atoms with van der Waals surface area (Å²) in [6.45, 7) is 1.34. The molecule has 1 saturated heterocycles. The molecule has 9 heteroatoms. The molecule has 1 aromatic heterocycles. The molecule has 1 aliphatic rings. The number of hydrogen-bond donors (Lipinski definition) is 4. The van der Waals surface area contributed by atoms with Crippen molar-refractivity contribution in [1.29, 1.82) is 0 Å². The topological polar surface area (TPSA) is 134 Å². The molecule has 0 spiro atoms. The molecule has 2 heterocycles. The van der Waals surface area contributed by atoms with Gasteiger partial charge in [-0.25, -0.2) is 4.79 Å². The summed E-state index contributed by atoms with van der Waals surface area (Å²) >= 11 is 0. The lowest BCUT2D eigenvalue weighted by atomic mass is 9.94. The molecule has 4 atom stereocenters. The molecule has 0 aliphatic carbocycles. The van der Waals surface area contributed by atoms with Crippen LogP contribution in [0.25, 0.3) is 10.8 Å². The Morgan fingerprint density at radius 2 is 2.00 bits per heavy atom. The minimum Gasteiger partial charge on any atom is -0.394 e. The van der Waals surface area contributed by atoms with Gasteiger partial charge in [-0.3, -0.25) is 19.1 Å². The number of aromatic amines is 1. The Morgan fingerprint density at radius 3 is 2.74 bits per heavy atom. The van der Waals surface area contributed by atoms with Gasteiger partial charge in [0.15, 0.2) is 0 Å². The van der Waals surface area contributed by atoms with Crippen molar-refractivity contribution >= 4 is 22.4 Å². The number of fused-ring (bicyclic) bond motifs is 1. The fourth-order valence-corrected chi connectivity index (χ4v) is 3.85. The summed E-state index contributed by atoms with van der Waals surface area (Å²) in [5.41, 5.74) is -0.770. The zero-order valence-electron chi connectivity index (χ0n) is 16.8. The second-order valence-electron chi connectivity index (χ2n) is 7.60. The highest BCUT2D eigenvalue weighted by molar-refractivity contribution is 5.99. The van der Waals surface area contributed by atoms with Gasteiger partial charge in [-0.2, -0.15) is 0 Å². The zero-order valence-corrected chi connectivity index (χ0v) is 16.8. The molecule has 2 aromatic carbocycles. The third-order valence-electron chi connectivity index (χ3n) is 5.60. The molecule has 162 valence electrons. The van der Waals surface area contributed by atoms with Crippen molar-refractivity contribution in [3.05, 3.63) is 75.1 Å². The van der Waals surface area contributed by atoms with E-state index in [1.807, 2.05) is 42.5 Å². The first-order valence-corrected chi connectivity index (χ1v) is 9.97. The van der Waals surface area contributed by atoms with Gasteiger partial charge in [0.2, 0.25) is 5.91 Å². The Morgan fingerprint density at radius 1 is 1.26 bits per heavy atom. The average Bonchev–Trinajstić information content (AvgIpc) is 3.14. The lowest BCUT2D eigenvalue weighted by Crippen LogP contribution is -2.35. The van der Waals surface area contributed by atoms with Crippen molar-refractivity contribution in [1.82, 2.24) is 9.55 Å². The van der Waals surface area contributed by atoms with Crippen LogP contribution in [0.5, 0.6) is 0 Å². The highest BCUT2D eigenvalue weighted by Crippen LogP contribution is 2.28. The number of amides is 1. The van der Waals surface area contributed by atoms with Gasteiger partial charge < -0.3 is 20.3 Å². The maximum absolute atomic E-state index is 12.9. The maximum Gasteiger partial charge on any atom is 0.330 e. The highest BCUT2D eigenvalue weighted by atomic mass is 16.5. The van der Waals surface area contributed by atoms with Gasteiger partial charge in [-0.05, 0) is 23.3 Å². The van der Waals surface area contributed by atoms with E-state index < -0.39 is 48.1 Å². The molecule has 3 aromatic rings. The molecule has 0 saturated carbocycles. The first kappa shape index (κ1) is 21.0. The fraction of sp³-hybridized carbons (Fsp3) is 0.318. The SMILES string of the molecule is CC(C(=O)Nc1cn([C@H]2C[C@H](O)[C@@H](CO)O2)c(=O)[nH]c1=O)c1cccc2ccccc12. The molecular formula is C22H23N3O6. The molecule has 31 heavy (non-hydrogen) atoms. The summed E-state index contributed by atoms with van der Waals surface area (Å²) in [5, 5.41) is 23.7. The summed E-state index contributed by atoms with van der Waals surface area (Å²) in [4.78, 5) is 39.6.